The number of carbonyl (C=O) groups is 3. The number of ether oxygens (including phenoxy) is 1. The van der Waals surface area contributed by atoms with E-state index in [0.717, 1.165) is 37.7 Å². The van der Waals surface area contributed by atoms with Gasteiger partial charge >= 0.3 is 5.97 Å². The topological polar surface area (TPSA) is 84.5 Å². The molecule has 1 aliphatic carbocycles. The molecule has 2 amide bonds. The molecule has 1 saturated carbocycles. The van der Waals surface area contributed by atoms with Gasteiger partial charge in [0.2, 0.25) is 5.91 Å². The number of hydrogen-bond donors (Lipinski definition) is 2. The van der Waals surface area contributed by atoms with Crippen molar-refractivity contribution in [2.24, 2.45) is 0 Å². The number of nitrogens with one attached hydrogen (secondary N) is 2. The zero-order chi connectivity index (χ0) is 18.1. The van der Waals surface area contributed by atoms with Gasteiger partial charge in [0, 0.05) is 6.54 Å². The maximum absolute atomic E-state index is 12.7. The van der Waals surface area contributed by atoms with Crippen molar-refractivity contribution >= 4 is 17.8 Å². The Morgan fingerprint density at radius 3 is 2.36 bits per heavy atom. The fraction of sp³-hybridized carbons (Fsp3) is 0.526. The lowest BCUT2D eigenvalue weighted by Gasteiger charge is -2.27. The minimum absolute atomic E-state index is 0.111. The molecule has 0 aliphatic heterocycles. The van der Waals surface area contributed by atoms with Crippen LogP contribution in [0.25, 0.3) is 0 Å². The summed E-state index contributed by atoms with van der Waals surface area (Å²) in [5.74, 6) is -1.08. The van der Waals surface area contributed by atoms with E-state index in [4.69, 9.17) is 4.74 Å². The summed E-state index contributed by atoms with van der Waals surface area (Å²) >= 11 is 0. The fourth-order valence-corrected chi connectivity index (χ4v) is 3.17. The van der Waals surface area contributed by atoms with Crippen LogP contribution in [0.15, 0.2) is 30.3 Å². The summed E-state index contributed by atoms with van der Waals surface area (Å²) in [6, 6.07) is 9.60. The molecule has 6 nitrogen and oxygen atoms in total. The van der Waals surface area contributed by atoms with E-state index >= 15 is 0 Å². The monoisotopic (exact) mass is 346 g/mol. The van der Waals surface area contributed by atoms with Crippen LogP contribution in [0.5, 0.6) is 0 Å². The quantitative estimate of drug-likeness (QED) is 0.702. The SMILES string of the molecule is CCCNC(=O)CNC(=O)COC(=O)C1(c2ccccc2)CCCC1. The summed E-state index contributed by atoms with van der Waals surface area (Å²) in [5, 5.41) is 5.12. The van der Waals surface area contributed by atoms with Gasteiger partial charge in [0.05, 0.1) is 12.0 Å². The molecule has 0 atom stereocenters. The molecule has 0 spiro atoms. The van der Waals surface area contributed by atoms with Gasteiger partial charge in [0.15, 0.2) is 6.61 Å². The van der Waals surface area contributed by atoms with Crippen LogP contribution >= 0.6 is 0 Å². The zero-order valence-electron chi connectivity index (χ0n) is 14.7. The highest BCUT2D eigenvalue weighted by Crippen LogP contribution is 2.42. The molecule has 1 fully saturated rings. The molecule has 6 heteroatoms. The number of hydrogen-bond acceptors (Lipinski definition) is 4. The van der Waals surface area contributed by atoms with Gasteiger partial charge in [0.25, 0.3) is 5.91 Å². The van der Waals surface area contributed by atoms with Gasteiger partial charge in [-0.3, -0.25) is 14.4 Å². The second-order valence-electron chi connectivity index (χ2n) is 6.36. The van der Waals surface area contributed by atoms with Crippen molar-refractivity contribution in [2.75, 3.05) is 19.7 Å². The third-order valence-electron chi connectivity index (χ3n) is 4.53. The summed E-state index contributed by atoms with van der Waals surface area (Å²) < 4.78 is 5.28. The molecule has 0 saturated heterocycles. The van der Waals surface area contributed by atoms with Crippen molar-refractivity contribution < 1.29 is 19.1 Å². The molecule has 25 heavy (non-hydrogen) atoms. The van der Waals surface area contributed by atoms with E-state index in [0.29, 0.717) is 6.54 Å². The first kappa shape index (κ1) is 19.0. The Hall–Kier alpha value is -2.37. The Morgan fingerprint density at radius 2 is 1.72 bits per heavy atom. The molecule has 1 aromatic carbocycles. The van der Waals surface area contributed by atoms with E-state index in [9.17, 15) is 14.4 Å². The second kappa shape index (κ2) is 9.20. The van der Waals surface area contributed by atoms with Crippen LogP contribution < -0.4 is 10.6 Å². The van der Waals surface area contributed by atoms with Gasteiger partial charge in [-0.2, -0.15) is 0 Å². The first-order valence-corrected chi connectivity index (χ1v) is 8.84. The highest BCUT2D eigenvalue weighted by atomic mass is 16.5. The Bertz CT molecular complexity index is 595. The normalized spacial score (nSPS) is 15.4. The van der Waals surface area contributed by atoms with Crippen molar-refractivity contribution in [3.8, 4) is 0 Å². The highest BCUT2D eigenvalue weighted by molar-refractivity contribution is 5.88. The lowest BCUT2D eigenvalue weighted by atomic mass is 9.79. The first-order chi connectivity index (χ1) is 12.1. The van der Waals surface area contributed by atoms with Crippen molar-refractivity contribution in [1.29, 1.82) is 0 Å². The second-order valence-corrected chi connectivity index (χ2v) is 6.36. The smallest absolute Gasteiger partial charge is 0.317 e. The molecule has 1 aromatic rings. The van der Waals surface area contributed by atoms with Crippen molar-refractivity contribution in [2.45, 2.75) is 44.4 Å². The van der Waals surface area contributed by atoms with Gasteiger partial charge in [-0.05, 0) is 24.8 Å². The third-order valence-corrected chi connectivity index (χ3v) is 4.53. The first-order valence-electron chi connectivity index (χ1n) is 8.84. The average Bonchev–Trinajstić information content (AvgIpc) is 3.14. The van der Waals surface area contributed by atoms with Gasteiger partial charge in [0.1, 0.15) is 0 Å². The Morgan fingerprint density at radius 1 is 1.04 bits per heavy atom. The lowest BCUT2D eigenvalue weighted by Crippen LogP contribution is -2.41. The number of carbonyl (C=O) groups excluding carboxylic acids is 3. The number of rotatable bonds is 8. The van der Waals surface area contributed by atoms with Crippen LogP contribution in [0.4, 0.5) is 0 Å². The molecule has 2 rings (SSSR count). The molecule has 0 unspecified atom stereocenters. The molecule has 0 radical (unpaired) electrons. The predicted molar refractivity (Wildman–Crippen MR) is 93.9 cm³/mol. The van der Waals surface area contributed by atoms with Gasteiger partial charge < -0.3 is 15.4 Å². The van der Waals surface area contributed by atoms with Crippen LogP contribution in [0.1, 0.15) is 44.6 Å². The fourth-order valence-electron chi connectivity index (χ4n) is 3.17. The molecule has 136 valence electrons. The van der Waals surface area contributed by atoms with Crippen molar-refractivity contribution in [3.05, 3.63) is 35.9 Å². The van der Waals surface area contributed by atoms with Crippen molar-refractivity contribution in [1.82, 2.24) is 10.6 Å². The molecule has 1 aliphatic rings. The summed E-state index contributed by atoms with van der Waals surface area (Å²) in [4.78, 5) is 35.9. The minimum Gasteiger partial charge on any atom is -0.455 e. The van der Waals surface area contributed by atoms with E-state index < -0.39 is 11.3 Å². The molecule has 0 heterocycles. The molecular formula is C19H26N2O4. The Kier molecular flexibility index (Phi) is 6.98. The summed E-state index contributed by atoms with van der Waals surface area (Å²) in [6.45, 7) is 2.04. The molecule has 0 bridgehead atoms. The predicted octanol–water partition coefficient (Wildman–Crippen LogP) is 1.68. The number of benzene rings is 1. The van der Waals surface area contributed by atoms with Gasteiger partial charge in [-0.15, -0.1) is 0 Å². The number of amides is 2. The van der Waals surface area contributed by atoms with Crippen LogP contribution in [0, 0.1) is 0 Å². The Balaban J connectivity index is 1.86. The van der Waals surface area contributed by atoms with E-state index in [1.54, 1.807) is 0 Å². The molecule has 2 N–H and O–H groups in total. The van der Waals surface area contributed by atoms with Crippen LogP contribution in [0.2, 0.25) is 0 Å². The maximum atomic E-state index is 12.7. The minimum atomic E-state index is -0.653. The van der Waals surface area contributed by atoms with E-state index in [-0.39, 0.29) is 25.0 Å². The Labute approximate surface area is 148 Å². The number of esters is 1. The van der Waals surface area contributed by atoms with Crippen LogP contribution in [-0.2, 0) is 24.5 Å². The van der Waals surface area contributed by atoms with E-state index in [2.05, 4.69) is 10.6 Å². The highest BCUT2D eigenvalue weighted by Gasteiger charge is 2.44. The van der Waals surface area contributed by atoms with Crippen LogP contribution in [-0.4, -0.2) is 37.5 Å². The van der Waals surface area contributed by atoms with Crippen LogP contribution in [0.3, 0.4) is 0 Å². The zero-order valence-corrected chi connectivity index (χ0v) is 14.7. The average molecular weight is 346 g/mol. The third kappa shape index (κ3) is 5.05. The van der Waals surface area contributed by atoms with Crippen molar-refractivity contribution in [3.63, 3.8) is 0 Å². The molecule has 0 aromatic heterocycles. The van der Waals surface area contributed by atoms with Gasteiger partial charge in [-0.1, -0.05) is 50.1 Å². The lowest BCUT2D eigenvalue weighted by molar-refractivity contribution is -0.154. The summed E-state index contributed by atoms with van der Waals surface area (Å²) in [7, 11) is 0. The molecular weight excluding hydrogens is 320 g/mol. The van der Waals surface area contributed by atoms with E-state index in [1.165, 1.54) is 0 Å². The van der Waals surface area contributed by atoms with Gasteiger partial charge in [-0.25, -0.2) is 0 Å². The standard InChI is InChI=1S/C19H26N2O4/c1-2-12-20-16(22)13-21-17(23)14-25-18(24)19(10-6-7-11-19)15-8-4-3-5-9-15/h3-5,8-9H,2,6-7,10-14H2,1H3,(H,20,22)(H,21,23). The maximum Gasteiger partial charge on any atom is 0.317 e. The van der Waals surface area contributed by atoms with E-state index in [1.807, 2.05) is 37.3 Å². The largest absolute Gasteiger partial charge is 0.455 e. The summed E-state index contributed by atoms with van der Waals surface area (Å²) in [6.07, 6.45) is 4.23. The summed E-state index contributed by atoms with van der Waals surface area (Å²) in [5.41, 5.74) is 0.289.